The van der Waals surface area contributed by atoms with Gasteiger partial charge in [-0.15, -0.1) is 0 Å². The molecule has 0 aliphatic heterocycles. The van der Waals surface area contributed by atoms with Crippen molar-refractivity contribution in [1.82, 2.24) is 15.4 Å². The fraction of sp³-hybridized carbons (Fsp3) is 0.269. The molecule has 3 aromatic rings. The lowest BCUT2D eigenvalue weighted by Crippen LogP contribution is -2.28. The number of aromatic nitrogens is 1. The summed E-state index contributed by atoms with van der Waals surface area (Å²) >= 11 is 6.01. The summed E-state index contributed by atoms with van der Waals surface area (Å²) in [6.07, 6.45) is 3.39. The fourth-order valence-electron chi connectivity index (χ4n) is 3.66. The Kier molecular flexibility index (Phi) is 9.43. The number of halogens is 1. The molecule has 0 spiro atoms. The van der Waals surface area contributed by atoms with Crippen LogP contribution in [0.5, 0.6) is 0 Å². The number of nitrogens with zero attached hydrogens (tertiary/aromatic N) is 1. The molecule has 0 atom stereocenters. The lowest BCUT2D eigenvalue weighted by Gasteiger charge is -2.14. The summed E-state index contributed by atoms with van der Waals surface area (Å²) in [6, 6.07) is 19.7. The van der Waals surface area contributed by atoms with Crippen LogP contribution in [0.4, 0.5) is 0 Å². The van der Waals surface area contributed by atoms with Gasteiger partial charge >= 0.3 is 0 Å². The summed E-state index contributed by atoms with van der Waals surface area (Å²) in [7, 11) is 0. The Morgan fingerprint density at radius 2 is 1.50 bits per heavy atom. The van der Waals surface area contributed by atoms with E-state index in [1.807, 2.05) is 30.3 Å². The van der Waals surface area contributed by atoms with Crippen LogP contribution in [0.2, 0.25) is 5.02 Å². The van der Waals surface area contributed by atoms with Crippen LogP contribution in [0.25, 0.3) is 0 Å². The van der Waals surface area contributed by atoms with Crippen LogP contribution in [-0.4, -0.2) is 33.9 Å². The van der Waals surface area contributed by atoms with Gasteiger partial charge in [-0.05, 0) is 42.7 Å². The van der Waals surface area contributed by atoms with Gasteiger partial charge in [0.1, 0.15) is 5.69 Å². The molecule has 178 valence electrons. The molecule has 1 heterocycles. The number of hydroxylamine groups is 1. The van der Waals surface area contributed by atoms with Crippen LogP contribution < -0.4 is 10.8 Å². The average molecular weight is 482 g/mol. The molecule has 7 nitrogen and oxygen atoms in total. The van der Waals surface area contributed by atoms with Crippen LogP contribution in [0, 0.1) is 0 Å². The van der Waals surface area contributed by atoms with E-state index in [9.17, 15) is 14.4 Å². The number of carbonyl (C=O) groups is 3. The maximum atomic E-state index is 13.2. The van der Waals surface area contributed by atoms with Crippen LogP contribution in [0.15, 0.2) is 66.7 Å². The zero-order chi connectivity index (χ0) is 24.3. The zero-order valence-electron chi connectivity index (χ0n) is 18.8. The third kappa shape index (κ3) is 7.04. The van der Waals surface area contributed by atoms with E-state index < -0.39 is 5.91 Å². The topological polar surface area (TPSA) is 100 Å². The minimum absolute atomic E-state index is 0.152. The van der Waals surface area contributed by atoms with E-state index in [0.29, 0.717) is 41.5 Å². The van der Waals surface area contributed by atoms with Crippen LogP contribution in [0.1, 0.15) is 64.2 Å². The van der Waals surface area contributed by atoms with Gasteiger partial charge in [-0.2, -0.15) is 0 Å². The highest BCUT2D eigenvalue weighted by molar-refractivity contribution is 6.30. The fourth-order valence-corrected chi connectivity index (χ4v) is 3.78. The third-order valence-electron chi connectivity index (χ3n) is 5.48. The summed E-state index contributed by atoms with van der Waals surface area (Å²) in [5, 5.41) is 12.0. The molecule has 34 heavy (non-hydrogen) atoms. The molecule has 0 aliphatic carbocycles. The number of amides is 2. The molecule has 3 N–H and O–H groups in total. The van der Waals surface area contributed by atoms with Gasteiger partial charge in [-0.1, -0.05) is 66.9 Å². The highest BCUT2D eigenvalue weighted by Crippen LogP contribution is 2.18. The first-order valence-corrected chi connectivity index (χ1v) is 11.6. The van der Waals surface area contributed by atoms with Crippen molar-refractivity contribution in [2.24, 2.45) is 0 Å². The molecule has 3 rings (SSSR count). The monoisotopic (exact) mass is 481 g/mol. The number of carbonyl (C=O) groups excluding carboxylic acids is 3. The Labute approximate surface area is 203 Å². The molecule has 2 aromatic carbocycles. The minimum Gasteiger partial charge on any atom is -0.351 e. The van der Waals surface area contributed by atoms with Crippen LogP contribution >= 0.6 is 11.6 Å². The highest BCUT2D eigenvalue weighted by Gasteiger charge is 2.20. The van der Waals surface area contributed by atoms with Crippen molar-refractivity contribution in [1.29, 1.82) is 0 Å². The number of unbranched alkanes of at least 4 members (excludes halogenated alkanes) is 3. The van der Waals surface area contributed by atoms with Crippen LogP contribution in [-0.2, 0) is 11.3 Å². The van der Waals surface area contributed by atoms with Crippen molar-refractivity contribution in [3.8, 4) is 0 Å². The number of ketones is 1. The first-order chi connectivity index (χ1) is 16.5. The van der Waals surface area contributed by atoms with Crippen molar-refractivity contribution in [3.05, 3.63) is 94.3 Å². The summed E-state index contributed by atoms with van der Waals surface area (Å²) in [6.45, 7) is 0.840. The summed E-state index contributed by atoms with van der Waals surface area (Å²) in [5.41, 5.74) is 3.94. The Hall–Kier alpha value is -3.42. The van der Waals surface area contributed by atoms with Crippen molar-refractivity contribution < 1.29 is 19.6 Å². The van der Waals surface area contributed by atoms with Gasteiger partial charge < -0.3 is 9.88 Å². The number of hydrogen-bond donors (Lipinski definition) is 3. The molecule has 0 unspecified atom stereocenters. The smallest absolute Gasteiger partial charge is 0.267 e. The molecule has 1 aromatic heterocycles. The number of benzene rings is 2. The van der Waals surface area contributed by atoms with E-state index in [4.69, 9.17) is 16.8 Å². The first-order valence-electron chi connectivity index (χ1n) is 11.2. The summed E-state index contributed by atoms with van der Waals surface area (Å²) < 4.78 is 1.74. The van der Waals surface area contributed by atoms with E-state index in [-0.39, 0.29) is 18.1 Å². The van der Waals surface area contributed by atoms with Gasteiger partial charge in [-0.3, -0.25) is 19.6 Å². The molecular weight excluding hydrogens is 454 g/mol. The predicted octanol–water partition coefficient (Wildman–Crippen LogP) is 4.61. The van der Waals surface area contributed by atoms with E-state index in [1.165, 1.54) is 0 Å². The minimum atomic E-state index is -0.393. The molecule has 0 bridgehead atoms. The third-order valence-corrected chi connectivity index (χ3v) is 5.73. The van der Waals surface area contributed by atoms with Gasteiger partial charge in [0.25, 0.3) is 5.91 Å². The molecule has 0 saturated heterocycles. The SMILES string of the molecule is O=C(CCCCCCNC(=O)c1ccc(C(=O)c2ccccc2)n1Cc1ccc(Cl)cc1)NO. The van der Waals surface area contributed by atoms with Gasteiger partial charge in [0.05, 0.1) is 5.69 Å². The second-order valence-corrected chi connectivity index (χ2v) is 8.40. The van der Waals surface area contributed by atoms with Gasteiger partial charge in [0.15, 0.2) is 0 Å². The highest BCUT2D eigenvalue weighted by atomic mass is 35.5. The van der Waals surface area contributed by atoms with Gasteiger partial charge in [0, 0.05) is 30.1 Å². The zero-order valence-corrected chi connectivity index (χ0v) is 19.6. The molecule has 2 amide bonds. The van der Waals surface area contributed by atoms with Crippen molar-refractivity contribution in [2.45, 2.75) is 38.6 Å². The molecule has 0 saturated carbocycles. The van der Waals surface area contributed by atoms with Crippen LogP contribution in [0.3, 0.4) is 0 Å². The van der Waals surface area contributed by atoms with Crippen molar-refractivity contribution in [3.63, 3.8) is 0 Å². The Balaban J connectivity index is 1.68. The van der Waals surface area contributed by atoms with E-state index >= 15 is 0 Å². The normalized spacial score (nSPS) is 10.6. The first kappa shape index (κ1) is 25.2. The Bertz CT molecular complexity index is 1110. The van der Waals surface area contributed by atoms with Gasteiger partial charge in [0.2, 0.25) is 11.7 Å². The Morgan fingerprint density at radius 1 is 0.824 bits per heavy atom. The second-order valence-electron chi connectivity index (χ2n) is 7.97. The molecular formula is C26H28ClN3O4. The van der Waals surface area contributed by atoms with E-state index in [1.54, 1.807) is 46.4 Å². The van der Waals surface area contributed by atoms with Gasteiger partial charge in [-0.25, -0.2) is 5.48 Å². The quantitative estimate of drug-likeness (QED) is 0.152. The summed E-state index contributed by atoms with van der Waals surface area (Å²) in [5.74, 6) is -0.795. The molecule has 0 radical (unpaired) electrons. The number of nitrogens with one attached hydrogen (secondary N) is 2. The lowest BCUT2D eigenvalue weighted by atomic mass is 10.1. The largest absolute Gasteiger partial charge is 0.351 e. The summed E-state index contributed by atoms with van der Waals surface area (Å²) in [4.78, 5) is 37.1. The predicted molar refractivity (Wildman–Crippen MR) is 130 cm³/mol. The average Bonchev–Trinajstić information content (AvgIpc) is 3.28. The number of hydrogen-bond acceptors (Lipinski definition) is 4. The molecule has 0 fully saturated rings. The molecule has 0 aliphatic rings. The lowest BCUT2D eigenvalue weighted by molar-refractivity contribution is -0.129. The number of rotatable bonds is 12. The molecule has 8 heteroatoms. The standard InChI is InChI=1S/C26H28ClN3O4/c27-21-13-11-19(12-14-21)18-30-22(25(32)20-8-4-3-5-9-20)15-16-23(30)26(33)28-17-7-2-1-6-10-24(31)29-34/h3-5,8-9,11-16,34H,1-2,6-7,10,17-18H2,(H,28,33)(H,29,31). The van der Waals surface area contributed by atoms with Crippen molar-refractivity contribution in [2.75, 3.05) is 6.54 Å². The second kappa shape index (κ2) is 12.7. The maximum absolute atomic E-state index is 13.2. The van der Waals surface area contributed by atoms with E-state index in [2.05, 4.69) is 5.32 Å². The maximum Gasteiger partial charge on any atom is 0.267 e. The van der Waals surface area contributed by atoms with E-state index in [0.717, 1.165) is 24.8 Å². The van der Waals surface area contributed by atoms with Crippen molar-refractivity contribution >= 4 is 29.2 Å². The Morgan fingerprint density at radius 3 is 2.21 bits per heavy atom.